The summed E-state index contributed by atoms with van der Waals surface area (Å²) < 4.78 is 32.2. The predicted molar refractivity (Wildman–Crippen MR) is 117 cm³/mol. The highest BCUT2D eigenvalue weighted by Crippen LogP contribution is 2.33. The summed E-state index contributed by atoms with van der Waals surface area (Å²) >= 11 is 0. The number of β-amino-alcohol motifs (C(OH)–C–C–N with tert-alkyl or cyclic N) is 1. The number of anilines is 1. The number of aryl methyl sites for hydroxylation is 1. The monoisotopic (exact) mass is 456 g/mol. The number of nitrogens with one attached hydrogen (secondary N) is 1. The molecule has 6 heterocycles. The van der Waals surface area contributed by atoms with Crippen LogP contribution in [0.25, 0.3) is 22.3 Å². The van der Waals surface area contributed by atoms with E-state index in [1.807, 2.05) is 24.0 Å². The topological polar surface area (TPSA) is 113 Å². The van der Waals surface area contributed by atoms with Gasteiger partial charge in [0, 0.05) is 36.5 Å². The summed E-state index contributed by atoms with van der Waals surface area (Å²) in [5.41, 5.74) is 2.58. The number of ether oxygens (including phenoxy) is 3. The van der Waals surface area contributed by atoms with Crippen LogP contribution in [0.2, 0.25) is 0 Å². The second-order valence-corrected chi connectivity index (χ2v) is 8.90. The molecule has 3 saturated heterocycles. The van der Waals surface area contributed by atoms with Gasteiger partial charge in [0.25, 0.3) is 0 Å². The van der Waals surface area contributed by atoms with E-state index in [9.17, 15) is 10.2 Å². The number of halogens is 1. The summed E-state index contributed by atoms with van der Waals surface area (Å²) in [6.45, 7) is 3.65. The summed E-state index contributed by atoms with van der Waals surface area (Å²) in [4.78, 5) is 14.2. The van der Waals surface area contributed by atoms with Crippen molar-refractivity contribution >= 4 is 16.9 Å². The van der Waals surface area contributed by atoms with Crippen molar-refractivity contribution in [3.8, 4) is 17.1 Å². The molecular weight excluding hydrogens is 431 g/mol. The van der Waals surface area contributed by atoms with E-state index < -0.39 is 11.9 Å². The molecule has 0 radical (unpaired) electrons. The Morgan fingerprint density at radius 1 is 1.15 bits per heavy atom. The third-order valence-corrected chi connectivity index (χ3v) is 6.60. The second-order valence-electron chi connectivity index (χ2n) is 8.90. The number of aliphatic hydroxyl groups excluding tert-OH is 2. The molecule has 0 amide bonds. The van der Waals surface area contributed by atoms with Gasteiger partial charge >= 0.3 is 0 Å². The molecule has 0 unspecified atom stereocenters. The van der Waals surface area contributed by atoms with E-state index in [1.54, 1.807) is 6.07 Å². The highest BCUT2D eigenvalue weighted by molar-refractivity contribution is 5.81. The standard InChI is InChI=1S/C23H25FN4O5/c1-11-13(2-3-19(25-11)28-5-4-12(29)8-28)21-14(24)6-15-16(27-21)7-20(26-15)33-18-10-32-22-17(30)9-31-23(18)22/h2-3,6-7,12,17-18,22-23,26,29-30H,4-5,8-10H2,1H3/t12-,17-,18-,22-,23-/m1/s1. The fraction of sp³-hybridized carbons (Fsp3) is 0.478. The third-order valence-electron chi connectivity index (χ3n) is 6.60. The van der Waals surface area contributed by atoms with E-state index >= 15 is 4.39 Å². The van der Waals surface area contributed by atoms with Crippen LogP contribution in [0.1, 0.15) is 12.1 Å². The highest BCUT2D eigenvalue weighted by atomic mass is 19.1. The van der Waals surface area contributed by atoms with Gasteiger partial charge in [-0.2, -0.15) is 0 Å². The van der Waals surface area contributed by atoms with Crippen LogP contribution in [-0.4, -0.2) is 82.0 Å². The Morgan fingerprint density at radius 3 is 2.79 bits per heavy atom. The first kappa shape index (κ1) is 20.8. The Bertz CT molecular complexity index is 1200. The molecule has 0 aliphatic carbocycles. The number of aliphatic hydroxyl groups is 2. The molecule has 174 valence electrons. The average molecular weight is 456 g/mol. The number of fused-ring (bicyclic) bond motifs is 2. The quantitative estimate of drug-likeness (QED) is 0.542. The Balaban J connectivity index is 1.26. The van der Waals surface area contributed by atoms with Crippen molar-refractivity contribution in [3.63, 3.8) is 0 Å². The van der Waals surface area contributed by atoms with E-state index in [-0.39, 0.29) is 36.7 Å². The zero-order chi connectivity index (χ0) is 22.7. The summed E-state index contributed by atoms with van der Waals surface area (Å²) in [6, 6.07) is 6.78. The molecule has 9 nitrogen and oxygen atoms in total. The first-order valence-electron chi connectivity index (χ1n) is 11.1. The van der Waals surface area contributed by atoms with E-state index in [2.05, 4.69) is 15.0 Å². The Labute approximate surface area is 189 Å². The van der Waals surface area contributed by atoms with Gasteiger partial charge in [0.05, 0.1) is 30.4 Å². The molecule has 3 fully saturated rings. The molecule has 0 bridgehead atoms. The van der Waals surface area contributed by atoms with Crippen molar-refractivity contribution in [1.29, 1.82) is 0 Å². The van der Waals surface area contributed by atoms with Crippen molar-refractivity contribution in [1.82, 2.24) is 15.0 Å². The third kappa shape index (κ3) is 3.63. The Morgan fingerprint density at radius 2 is 2.00 bits per heavy atom. The molecule has 3 aliphatic heterocycles. The number of aromatic amines is 1. The summed E-state index contributed by atoms with van der Waals surface area (Å²) in [6.07, 6.45) is -1.37. The van der Waals surface area contributed by atoms with Gasteiger partial charge < -0.3 is 34.3 Å². The average Bonchev–Trinajstić information content (AvgIpc) is 3.55. The van der Waals surface area contributed by atoms with E-state index in [0.717, 1.165) is 12.4 Å². The SMILES string of the molecule is Cc1nc(N2CC[C@@H](O)C2)ccc1-c1nc2cc(O[C@@H]3CO[C@H]4[C@@H]3OC[C@H]4O)[nH]c2cc1F. The van der Waals surface area contributed by atoms with Gasteiger partial charge in [-0.25, -0.2) is 14.4 Å². The van der Waals surface area contributed by atoms with Gasteiger partial charge in [0.2, 0.25) is 0 Å². The Kier molecular flexibility index (Phi) is 4.98. The van der Waals surface area contributed by atoms with Gasteiger partial charge in [-0.15, -0.1) is 0 Å². The van der Waals surface area contributed by atoms with Crippen molar-refractivity contribution in [2.75, 3.05) is 31.2 Å². The summed E-state index contributed by atoms with van der Waals surface area (Å²) in [5.74, 6) is 0.741. The van der Waals surface area contributed by atoms with Crippen LogP contribution < -0.4 is 9.64 Å². The van der Waals surface area contributed by atoms with Crippen LogP contribution in [0.15, 0.2) is 24.3 Å². The van der Waals surface area contributed by atoms with E-state index in [1.165, 1.54) is 6.07 Å². The number of rotatable bonds is 4. The first-order valence-corrected chi connectivity index (χ1v) is 11.1. The Hall–Kier alpha value is -2.79. The van der Waals surface area contributed by atoms with E-state index in [4.69, 9.17) is 14.2 Å². The number of H-pyrrole nitrogens is 1. The van der Waals surface area contributed by atoms with Crippen molar-refractivity contribution in [2.45, 2.75) is 43.9 Å². The zero-order valence-corrected chi connectivity index (χ0v) is 18.1. The maximum absolute atomic E-state index is 15.0. The molecule has 0 spiro atoms. The number of hydrogen-bond acceptors (Lipinski definition) is 8. The van der Waals surface area contributed by atoms with Crippen molar-refractivity contribution in [3.05, 3.63) is 35.8 Å². The minimum Gasteiger partial charge on any atom is -0.470 e. The molecule has 10 heteroatoms. The van der Waals surface area contributed by atoms with Crippen LogP contribution >= 0.6 is 0 Å². The molecule has 3 aliphatic rings. The molecule has 33 heavy (non-hydrogen) atoms. The maximum atomic E-state index is 15.0. The van der Waals surface area contributed by atoms with Crippen LogP contribution in [0.5, 0.6) is 5.88 Å². The first-order chi connectivity index (χ1) is 16.0. The second kappa shape index (κ2) is 7.91. The van der Waals surface area contributed by atoms with Gasteiger partial charge in [-0.05, 0) is 25.5 Å². The van der Waals surface area contributed by atoms with Gasteiger partial charge in [-0.1, -0.05) is 0 Å². The van der Waals surface area contributed by atoms with Crippen molar-refractivity contribution < 1.29 is 28.8 Å². The molecule has 3 aromatic rings. The number of nitrogens with zero attached hydrogens (tertiary/aromatic N) is 3. The summed E-state index contributed by atoms with van der Waals surface area (Å²) in [5, 5.41) is 19.7. The van der Waals surface area contributed by atoms with Gasteiger partial charge in [0.1, 0.15) is 29.8 Å². The maximum Gasteiger partial charge on any atom is 0.193 e. The molecule has 3 aromatic heterocycles. The fourth-order valence-electron chi connectivity index (χ4n) is 4.89. The molecular formula is C23H25FN4O5. The van der Waals surface area contributed by atoms with Crippen molar-refractivity contribution in [2.24, 2.45) is 0 Å². The predicted octanol–water partition coefficient (Wildman–Crippen LogP) is 1.55. The highest BCUT2D eigenvalue weighted by Gasteiger charge is 2.48. The van der Waals surface area contributed by atoms with Crippen LogP contribution in [-0.2, 0) is 9.47 Å². The van der Waals surface area contributed by atoms with Crippen LogP contribution in [0.3, 0.4) is 0 Å². The largest absolute Gasteiger partial charge is 0.470 e. The molecule has 0 saturated carbocycles. The number of hydrogen-bond donors (Lipinski definition) is 3. The smallest absolute Gasteiger partial charge is 0.193 e. The van der Waals surface area contributed by atoms with Gasteiger partial charge in [0.15, 0.2) is 17.8 Å². The lowest BCUT2D eigenvalue weighted by atomic mass is 10.1. The lowest BCUT2D eigenvalue weighted by molar-refractivity contribution is 0.00794. The normalized spacial score (nSPS) is 29.2. The lowest BCUT2D eigenvalue weighted by Crippen LogP contribution is -2.34. The molecule has 3 N–H and O–H groups in total. The lowest BCUT2D eigenvalue weighted by Gasteiger charge is -2.18. The summed E-state index contributed by atoms with van der Waals surface area (Å²) in [7, 11) is 0. The zero-order valence-electron chi connectivity index (χ0n) is 18.1. The minimum atomic E-state index is -0.650. The number of aromatic nitrogens is 3. The minimum absolute atomic E-state index is 0.220. The fourth-order valence-corrected chi connectivity index (χ4v) is 4.89. The molecule has 0 aromatic carbocycles. The molecule has 5 atom stereocenters. The number of pyridine rings is 2. The van der Waals surface area contributed by atoms with E-state index in [0.29, 0.717) is 47.7 Å². The van der Waals surface area contributed by atoms with Crippen LogP contribution in [0.4, 0.5) is 10.2 Å². The molecule has 6 rings (SSSR count). The van der Waals surface area contributed by atoms with Gasteiger partial charge in [-0.3, -0.25) is 0 Å². The van der Waals surface area contributed by atoms with Crippen LogP contribution in [0, 0.1) is 12.7 Å².